The Labute approximate surface area is 174 Å². The van der Waals surface area contributed by atoms with Crippen molar-refractivity contribution in [3.63, 3.8) is 0 Å². The van der Waals surface area contributed by atoms with Crippen molar-refractivity contribution in [1.82, 2.24) is 15.1 Å². The molecule has 8 nitrogen and oxygen atoms in total. The zero-order valence-corrected chi connectivity index (χ0v) is 17.9. The number of rotatable bonds is 4. The van der Waals surface area contributed by atoms with Crippen LogP contribution in [-0.4, -0.2) is 40.2 Å². The van der Waals surface area contributed by atoms with Gasteiger partial charge in [-0.05, 0) is 25.2 Å². The van der Waals surface area contributed by atoms with E-state index in [-0.39, 0.29) is 53.2 Å². The minimum absolute atomic E-state index is 0. The minimum atomic E-state index is -1.20. The monoisotopic (exact) mass is 370 g/mol. The van der Waals surface area contributed by atoms with Gasteiger partial charge >= 0.3 is 29.6 Å². The summed E-state index contributed by atoms with van der Waals surface area (Å²) in [4.78, 5) is 38.0. The number of carbonyl (C=O) groups excluding carboxylic acids is 3. The molecule has 0 spiro atoms. The summed E-state index contributed by atoms with van der Waals surface area (Å²) in [6, 6.07) is 1.19. The van der Waals surface area contributed by atoms with Crippen LogP contribution in [-0.2, 0) is 21.4 Å². The molecule has 1 aromatic heterocycles. The molecule has 26 heavy (non-hydrogen) atoms. The molecule has 136 valence electrons. The second-order valence-corrected chi connectivity index (χ2v) is 7.20. The van der Waals surface area contributed by atoms with Crippen LogP contribution in [0.3, 0.4) is 0 Å². The molecule has 3 unspecified atom stereocenters. The Balaban J connectivity index is 0.00000243. The van der Waals surface area contributed by atoms with Crippen LogP contribution in [0.4, 0.5) is 5.82 Å². The number of aryl methyl sites for hydroxylation is 2. The van der Waals surface area contributed by atoms with Gasteiger partial charge in [0.05, 0.1) is 5.69 Å². The number of nitrogens with zero attached hydrogens (tertiary/aromatic N) is 3. The molecular weight excluding hydrogens is 347 g/mol. The molecule has 1 aliphatic heterocycles. The number of nitrogens with one attached hydrogen (secondary N) is 1. The maximum Gasteiger partial charge on any atom is 1.00 e. The summed E-state index contributed by atoms with van der Waals surface area (Å²) in [5.74, 6) is -2.65. The largest absolute Gasteiger partial charge is 1.00 e. The minimum Gasteiger partial charge on any atom is -0.550 e. The average molecular weight is 370 g/mol. The van der Waals surface area contributed by atoms with Crippen LogP contribution in [0.1, 0.15) is 26.0 Å². The van der Waals surface area contributed by atoms with Crippen LogP contribution in [0, 0.1) is 30.6 Å². The van der Waals surface area contributed by atoms with Crippen molar-refractivity contribution in [3.8, 4) is 0 Å². The molecular formula is C17H23N4NaO4. The maximum absolute atomic E-state index is 12.6. The van der Waals surface area contributed by atoms with Gasteiger partial charge in [0.15, 0.2) is 0 Å². The van der Waals surface area contributed by atoms with E-state index in [1.807, 2.05) is 26.8 Å². The molecule has 0 radical (unpaired) electrons. The molecule has 1 saturated heterocycles. The van der Waals surface area contributed by atoms with Crippen molar-refractivity contribution in [2.75, 3.05) is 11.4 Å². The molecule has 1 aliphatic carbocycles. The summed E-state index contributed by atoms with van der Waals surface area (Å²) >= 11 is 0. The van der Waals surface area contributed by atoms with Gasteiger partial charge in [0.25, 0.3) is 5.91 Å². The summed E-state index contributed by atoms with van der Waals surface area (Å²) in [6.45, 7) is 6.00. The summed E-state index contributed by atoms with van der Waals surface area (Å²) < 4.78 is 1.64. The smallest absolute Gasteiger partial charge is 0.550 e. The van der Waals surface area contributed by atoms with Crippen molar-refractivity contribution in [2.45, 2.75) is 33.2 Å². The zero-order valence-electron chi connectivity index (χ0n) is 15.9. The third-order valence-corrected chi connectivity index (χ3v) is 5.70. The molecule has 1 aromatic rings. The van der Waals surface area contributed by atoms with Gasteiger partial charge in [-0.1, -0.05) is 13.8 Å². The molecule has 3 rings (SSSR count). The van der Waals surface area contributed by atoms with E-state index >= 15 is 0 Å². The van der Waals surface area contributed by atoms with E-state index in [0.717, 1.165) is 5.69 Å². The molecule has 5 atom stereocenters. The number of hydrogen-bond acceptors (Lipinski definition) is 5. The van der Waals surface area contributed by atoms with E-state index in [1.165, 1.54) is 0 Å². The third kappa shape index (κ3) is 3.42. The van der Waals surface area contributed by atoms with Gasteiger partial charge in [-0.25, -0.2) is 0 Å². The fourth-order valence-corrected chi connectivity index (χ4v) is 4.08. The molecule has 0 bridgehead atoms. The van der Waals surface area contributed by atoms with Gasteiger partial charge < -0.3 is 15.2 Å². The predicted molar refractivity (Wildman–Crippen MR) is 87.2 cm³/mol. The second-order valence-electron chi connectivity index (χ2n) is 7.20. The van der Waals surface area contributed by atoms with Crippen molar-refractivity contribution in [2.24, 2.45) is 30.7 Å². The van der Waals surface area contributed by atoms with Crippen LogP contribution in [0.15, 0.2) is 6.07 Å². The molecule has 1 N–H and O–H groups in total. The summed E-state index contributed by atoms with van der Waals surface area (Å²) in [5, 5.41) is 18.2. The number of hydrogen-bond donors (Lipinski definition) is 1. The zero-order chi connectivity index (χ0) is 18.5. The Morgan fingerprint density at radius 2 is 1.88 bits per heavy atom. The van der Waals surface area contributed by atoms with E-state index in [0.29, 0.717) is 18.8 Å². The Hall–Kier alpha value is -1.38. The van der Waals surface area contributed by atoms with Crippen LogP contribution in [0.2, 0.25) is 0 Å². The van der Waals surface area contributed by atoms with E-state index in [1.54, 1.807) is 16.6 Å². The second kappa shape index (κ2) is 7.70. The van der Waals surface area contributed by atoms with Gasteiger partial charge in [-0.2, -0.15) is 5.10 Å². The number of aliphatic carboxylic acids is 1. The van der Waals surface area contributed by atoms with Gasteiger partial charge in [0, 0.05) is 37.5 Å². The Morgan fingerprint density at radius 3 is 2.42 bits per heavy atom. The van der Waals surface area contributed by atoms with E-state index in [4.69, 9.17) is 0 Å². The summed E-state index contributed by atoms with van der Waals surface area (Å²) in [7, 11) is 1.77. The summed E-state index contributed by atoms with van der Waals surface area (Å²) in [5.41, 5.74) is 0.812. The standard InChI is InChI=1S/C17H24N4O4.Na/c1-8-7-12(20(4)19-8)21-6-5-11(16(21)23)18-15(22)13-9(2)10(3)14(13)17(24)25;/h7,9-11,13-14H,5-6H2,1-4H3,(H,18,22)(H,24,25);/q;+1/p-1/t9?,10?,11?,13-,14+;/m0./s1. The summed E-state index contributed by atoms with van der Waals surface area (Å²) in [6.07, 6.45) is 0.488. The fourth-order valence-electron chi connectivity index (χ4n) is 4.08. The fraction of sp³-hybridized carbons (Fsp3) is 0.647. The molecule has 0 aromatic carbocycles. The first-order chi connectivity index (χ1) is 11.7. The van der Waals surface area contributed by atoms with Crippen molar-refractivity contribution in [1.29, 1.82) is 0 Å². The number of carboxylic acid groups (broad SMARTS) is 1. The Morgan fingerprint density at radius 1 is 1.27 bits per heavy atom. The number of amides is 2. The first kappa shape index (κ1) is 20.9. The Kier molecular flexibility index (Phi) is 6.20. The van der Waals surface area contributed by atoms with Gasteiger partial charge in [0.2, 0.25) is 5.91 Å². The maximum atomic E-state index is 12.6. The van der Waals surface area contributed by atoms with Crippen LogP contribution >= 0.6 is 0 Å². The topological polar surface area (TPSA) is 107 Å². The van der Waals surface area contributed by atoms with Crippen molar-refractivity contribution >= 4 is 23.6 Å². The average Bonchev–Trinajstić information content (AvgIpc) is 3.05. The molecule has 1 saturated carbocycles. The van der Waals surface area contributed by atoms with E-state index in [2.05, 4.69) is 10.4 Å². The van der Waals surface area contributed by atoms with Crippen LogP contribution in [0.5, 0.6) is 0 Å². The number of carbonyl (C=O) groups is 3. The van der Waals surface area contributed by atoms with E-state index < -0.39 is 23.8 Å². The van der Waals surface area contributed by atoms with Crippen LogP contribution in [0.25, 0.3) is 0 Å². The number of anilines is 1. The van der Waals surface area contributed by atoms with Gasteiger partial charge in [-0.15, -0.1) is 0 Å². The first-order valence-electron chi connectivity index (χ1n) is 8.55. The molecule has 2 amide bonds. The molecule has 2 fully saturated rings. The number of aromatic nitrogens is 2. The number of carboxylic acids is 1. The van der Waals surface area contributed by atoms with Gasteiger partial charge in [-0.3, -0.25) is 19.2 Å². The van der Waals surface area contributed by atoms with Crippen LogP contribution < -0.4 is 44.9 Å². The molecule has 2 aliphatic rings. The molecule has 2 heterocycles. The molecule has 9 heteroatoms. The third-order valence-electron chi connectivity index (χ3n) is 5.70. The van der Waals surface area contributed by atoms with Crippen molar-refractivity contribution in [3.05, 3.63) is 11.8 Å². The van der Waals surface area contributed by atoms with Crippen molar-refractivity contribution < 1.29 is 49.0 Å². The SMILES string of the molecule is Cc1cc(N2CCC(NC(=O)[C@H]3C(C)C(C)[C@H]3C(=O)[O-])C2=O)n(C)n1.[Na+]. The normalized spacial score (nSPS) is 30.5. The Bertz CT molecular complexity index is 734. The quantitative estimate of drug-likeness (QED) is 0.548. The first-order valence-corrected chi connectivity index (χ1v) is 8.55. The predicted octanol–water partition coefficient (Wildman–Crippen LogP) is -3.78. The van der Waals surface area contributed by atoms with E-state index in [9.17, 15) is 19.5 Å². The van der Waals surface area contributed by atoms with Gasteiger partial charge in [0.1, 0.15) is 11.9 Å².